The Balaban J connectivity index is 1.59. The van der Waals surface area contributed by atoms with Crippen LogP contribution in [0.25, 0.3) is 6.08 Å². The number of carbonyl (C=O) groups excluding carboxylic acids is 1. The zero-order valence-corrected chi connectivity index (χ0v) is 18.1. The molecule has 1 aromatic heterocycles. The Morgan fingerprint density at radius 1 is 1.25 bits per heavy atom. The fourth-order valence-corrected chi connectivity index (χ4v) is 5.73. The Morgan fingerprint density at radius 2 is 2.00 bits per heavy atom. The molecule has 148 valence electrons. The number of hydrogen-bond donors (Lipinski definition) is 2. The minimum Gasteiger partial charge on any atom is -0.353 e. The van der Waals surface area contributed by atoms with Crippen LogP contribution >= 0.6 is 11.3 Å². The molecular formula is C24H30N2OS. The number of fused-ring (bicyclic) bond motifs is 3. The molecule has 0 spiro atoms. The van der Waals surface area contributed by atoms with Crippen molar-refractivity contribution in [3.63, 3.8) is 0 Å². The normalized spacial score (nSPS) is 22.1. The van der Waals surface area contributed by atoms with Gasteiger partial charge in [-0.2, -0.15) is 0 Å². The van der Waals surface area contributed by atoms with E-state index < -0.39 is 0 Å². The second-order valence-electron chi connectivity index (χ2n) is 8.84. The van der Waals surface area contributed by atoms with E-state index in [0.29, 0.717) is 11.3 Å². The van der Waals surface area contributed by atoms with E-state index in [-0.39, 0.29) is 12.1 Å². The van der Waals surface area contributed by atoms with E-state index in [1.54, 1.807) is 11.3 Å². The molecule has 0 unspecified atom stereocenters. The summed E-state index contributed by atoms with van der Waals surface area (Å²) in [5.41, 5.74) is 4.81. The van der Waals surface area contributed by atoms with Crippen molar-refractivity contribution < 1.29 is 4.79 Å². The highest BCUT2D eigenvalue weighted by Gasteiger charge is 2.37. The molecule has 1 amide bonds. The fraction of sp³-hybridized carbons (Fsp3) is 0.458. The smallest absolute Gasteiger partial charge is 0.256 e. The maximum atomic E-state index is 12.9. The van der Waals surface area contributed by atoms with Crippen LogP contribution in [0.4, 0.5) is 5.00 Å². The molecule has 0 saturated carbocycles. The molecule has 1 aliphatic heterocycles. The van der Waals surface area contributed by atoms with Gasteiger partial charge in [0.15, 0.2) is 0 Å². The van der Waals surface area contributed by atoms with Crippen molar-refractivity contribution in [2.75, 3.05) is 5.32 Å². The van der Waals surface area contributed by atoms with E-state index >= 15 is 0 Å². The van der Waals surface area contributed by atoms with Crippen molar-refractivity contribution in [2.45, 2.75) is 59.5 Å². The number of amides is 1. The number of benzene rings is 1. The second-order valence-corrected chi connectivity index (χ2v) is 9.94. The van der Waals surface area contributed by atoms with Crippen LogP contribution in [0, 0.1) is 11.3 Å². The van der Waals surface area contributed by atoms with Gasteiger partial charge in [-0.1, -0.05) is 63.6 Å². The molecule has 2 heterocycles. The van der Waals surface area contributed by atoms with Crippen molar-refractivity contribution in [3.8, 4) is 0 Å². The van der Waals surface area contributed by atoms with Crippen molar-refractivity contribution in [1.82, 2.24) is 5.32 Å². The first-order chi connectivity index (χ1) is 13.4. The van der Waals surface area contributed by atoms with Crippen molar-refractivity contribution in [2.24, 2.45) is 11.3 Å². The minimum atomic E-state index is -0.150. The van der Waals surface area contributed by atoms with Gasteiger partial charge >= 0.3 is 0 Å². The van der Waals surface area contributed by atoms with Crippen LogP contribution in [0.1, 0.15) is 66.9 Å². The maximum absolute atomic E-state index is 12.9. The molecule has 2 N–H and O–H groups in total. The number of anilines is 1. The summed E-state index contributed by atoms with van der Waals surface area (Å²) in [5.74, 6) is 0.772. The van der Waals surface area contributed by atoms with Crippen LogP contribution in [-0.4, -0.2) is 12.1 Å². The molecule has 3 nitrogen and oxygen atoms in total. The predicted octanol–water partition coefficient (Wildman–Crippen LogP) is 5.87. The number of rotatable bonds is 4. The number of hydrogen-bond acceptors (Lipinski definition) is 3. The molecule has 2 aliphatic rings. The summed E-state index contributed by atoms with van der Waals surface area (Å²) in [7, 11) is 0. The molecule has 0 saturated heterocycles. The molecule has 4 heteroatoms. The SMILES string of the molecule is CCC(C)(C)[C@@H]1CCc2c(sc3c2C(=O)N[C@@H](/C(C)=C/c2ccccc2)N3)C1. The summed E-state index contributed by atoms with van der Waals surface area (Å²) in [6, 6.07) is 10.2. The van der Waals surface area contributed by atoms with Crippen LogP contribution in [0.3, 0.4) is 0 Å². The number of carbonyl (C=O) groups is 1. The highest BCUT2D eigenvalue weighted by Crippen LogP contribution is 2.46. The van der Waals surface area contributed by atoms with E-state index in [9.17, 15) is 4.79 Å². The maximum Gasteiger partial charge on any atom is 0.256 e. The van der Waals surface area contributed by atoms with Crippen LogP contribution in [0.5, 0.6) is 0 Å². The van der Waals surface area contributed by atoms with E-state index in [2.05, 4.69) is 56.5 Å². The van der Waals surface area contributed by atoms with E-state index in [1.807, 2.05) is 18.2 Å². The van der Waals surface area contributed by atoms with E-state index in [0.717, 1.165) is 34.5 Å². The first-order valence-corrected chi connectivity index (χ1v) is 11.2. The lowest BCUT2D eigenvalue weighted by Gasteiger charge is -2.36. The third-order valence-electron chi connectivity index (χ3n) is 6.71. The molecule has 0 radical (unpaired) electrons. The van der Waals surface area contributed by atoms with Gasteiger partial charge in [0.25, 0.3) is 5.91 Å². The molecule has 0 bridgehead atoms. The molecule has 2 aromatic rings. The van der Waals surface area contributed by atoms with Gasteiger partial charge in [-0.15, -0.1) is 11.3 Å². The molecule has 1 aliphatic carbocycles. The third kappa shape index (κ3) is 3.50. The molecule has 0 fully saturated rings. The summed E-state index contributed by atoms with van der Waals surface area (Å²) in [5, 5.41) is 7.81. The Hall–Kier alpha value is -2.07. The van der Waals surface area contributed by atoms with Crippen LogP contribution in [0.2, 0.25) is 0 Å². The first kappa shape index (κ1) is 19.3. The molecular weight excluding hydrogens is 364 g/mol. The molecule has 2 atom stereocenters. The molecule has 1 aromatic carbocycles. The van der Waals surface area contributed by atoms with Crippen molar-refractivity contribution in [1.29, 1.82) is 0 Å². The largest absolute Gasteiger partial charge is 0.353 e. The molecule has 4 rings (SSSR count). The lowest BCUT2D eigenvalue weighted by atomic mass is 9.69. The van der Waals surface area contributed by atoms with Crippen LogP contribution in [-0.2, 0) is 12.8 Å². The topological polar surface area (TPSA) is 41.1 Å². The molecule has 28 heavy (non-hydrogen) atoms. The van der Waals surface area contributed by atoms with E-state index in [4.69, 9.17) is 0 Å². The Kier molecular flexibility index (Phi) is 5.09. The highest BCUT2D eigenvalue weighted by atomic mass is 32.1. The van der Waals surface area contributed by atoms with Gasteiger partial charge in [0, 0.05) is 4.88 Å². The highest BCUT2D eigenvalue weighted by molar-refractivity contribution is 7.16. The Morgan fingerprint density at radius 3 is 2.71 bits per heavy atom. The first-order valence-electron chi connectivity index (χ1n) is 10.3. The predicted molar refractivity (Wildman–Crippen MR) is 119 cm³/mol. The van der Waals surface area contributed by atoms with Crippen molar-refractivity contribution in [3.05, 3.63) is 57.5 Å². The third-order valence-corrected chi connectivity index (χ3v) is 7.89. The standard InChI is InChI=1S/C24H30N2OS/c1-5-24(3,4)17-11-12-18-19(14-17)28-23-20(18)22(27)25-21(26-23)15(2)13-16-9-7-6-8-10-16/h6-10,13,17,21,26H,5,11-12,14H2,1-4H3,(H,25,27)/b15-13+/t17-,21-/m1/s1. The van der Waals surface area contributed by atoms with Crippen LogP contribution in [0.15, 0.2) is 35.9 Å². The van der Waals surface area contributed by atoms with Gasteiger partial charge in [0.05, 0.1) is 5.56 Å². The van der Waals surface area contributed by atoms with Crippen molar-refractivity contribution >= 4 is 28.3 Å². The minimum absolute atomic E-state index is 0.0743. The number of nitrogens with one attached hydrogen (secondary N) is 2. The zero-order chi connectivity index (χ0) is 19.9. The lowest BCUT2D eigenvalue weighted by molar-refractivity contribution is 0.0940. The van der Waals surface area contributed by atoms with Gasteiger partial charge in [0.2, 0.25) is 0 Å². The zero-order valence-electron chi connectivity index (χ0n) is 17.3. The van der Waals surface area contributed by atoms with Gasteiger partial charge in [-0.25, -0.2) is 0 Å². The summed E-state index contributed by atoms with van der Waals surface area (Å²) in [4.78, 5) is 14.4. The Labute approximate surface area is 172 Å². The van der Waals surface area contributed by atoms with Gasteiger partial charge < -0.3 is 10.6 Å². The summed E-state index contributed by atoms with van der Waals surface area (Å²) < 4.78 is 0. The fourth-order valence-electron chi connectivity index (χ4n) is 4.38. The summed E-state index contributed by atoms with van der Waals surface area (Å²) in [6.07, 6.45) is 6.49. The summed E-state index contributed by atoms with van der Waals surface area (Å²) >= 11 is 1.80. The lowest BCUT2D eigenvalue weighted by Crippen LogP contribution is -2.45. The van der Waals surface area contributed by atoms with E-state index in [1.165, 1.54) is 23.3 Å². The average Bonchev–Trinajstić information content (AvgIpc) is 3.06. The monoisotopic (exact) mass is 394 g/mol. The second kappa shape index (κ2) is 7.40. The van der Waals surface area contributed by atoms with Gasteiger partial charge in [-0.05, 0) is 54.2 Å². The summed E-state index contributed by atoms with van der Waals surface area (Å²) in [6.45, 7) is 9.13. The Bertz CT molecular complexity index is 910. The quantitative estimate of drug-likeness (QED) is 0.680. The number of thiophene rings is 1. The van der Waals surface area contributed by atoms with Gasteiger partial charge in [-0.3, -0.25) is 4.79 Å². The average molecular weight is 395 g/mol. The van der Waals surface area contributed by atoms with Gasteiger partial charge in [0.1, 0.15) is 11.2 Å². The van der Waals surface area contributed by atoms with Crippen LogP contribution < -0.4 is 10.6 Å².